The molecule has 0 aliphatic heterocycles. The van der Waals surface area contributed by atoms with Crippen LogP contribution in [-0.2, 0) is 12.2 Å². The van der Waals surface area contributed by atoms with Gasteiger partial charge in [-0.05, 0) is 23.7 Å². The van der Waals surface area contributed by atoms with Gasteiger partial charge in [0.15, 0.2) is 5.82 Å². The summed E-state index contributed by atoms with van der Waals surface area (Å²) in [7, 11) is 0. The Kier molecular flexibility index (Phi) is 6.26. The Labute approximate surface area is 130 Å². The van der Waals surface area contributed by atoms with E-state index in [1.807, 2.05) is 42.1 Å². The van der Waals surface area contributed by atoms with E-state index in [4.69, 9.17) is 10.3 Å². The van der Waals surface area contributed by atoms with Crippen molar-refractivity contribution in [2.75, 3.05) is 5.75 Å². The topological polar surface area (TPSA) is 64.9 Å². The SMILES string of the molecule is CC(C)CSCc1noc(CCC(N)c2ccccc2)n1. The number of hydrogen-bond acceptors (Lipinski definition) is 5. The third-order valence-corrected chi connectivity index (χ3v) is 4.45. The van der Waals surface area contributed by atoms with Crippen molar-refractivity contribution in [3.63, 3.8) is 0 Å². The number of aryl methyl sites for hydroxylation is 1. The van der Waals surface area contributed by atoms with E-state index in [9.17, 15) is 0 Å². The van der Waals surface area contributed by atoms with Gasteiger partial charge in [0.2, 0.25) is 5.89 Å². The molecule has 0 amide bonds. The molecule has 5 heteroatoms. The van der Waals surface area contributed by atoms with Crippen molar-refractivity contribution in [2.45, 2.75) is 38.5 Å². The molecule has 1 aromatic heterocycles. The van der Waals surface area contributed by atoms with Crippen LogP contribution in [0.4, 0.5) is 0 Å². The van der Waals surface area contributed by atoms with Crippen molar-refractivity contribution in [3.05, 3.63) is 47.6 Å². The number of hydrogen-bond donors (Lipinski definition) is 1. The minimum atomic E-state index is 0.0110. The number of thioether (sulfide) groups is 1. The molecule has 1 atom stereocenters. The fourth-order valence-corrected chi connectivity index (χ4v) is 2.87. The quantitative estimate of drug-likeness (QED) is 0.807. The molecule has 114 valence electrons. The maximum Gasteiger partial charge on any atom is 0.226 e. The van der Waals surface area contributed by atoms with Crippen molar-refractivity contribution >= 4 is 11.8 Å². The summed E-state index contributed by atoms with van der Waals surface area (Å²) in [6.45, 7) is 4.42. The van der Waals surface area contributed by atoms with E-state index in [-0.39, 0.29) is 6.04 Å². The molecule has 1 heterocycles. The summed E-state index contributed by atoms with van der Waals surface area (Å²) >= 11 is 1.84. The van der Waals surface area contributed by atoms with Crippen LogP contribution in [0.2, 0.25) is 0 Å². The van der Waals surface area contributed by atoms with Gasteiger partial charge in [-0.3, -0.25) is 0 Å². The van der Waals surface area contributed by atoms with Gasteiger partial charge in [-0.25, -0.2) is 0 Å². The second-order valence-electron chi connectivity index (χ2n) is 5.57. The van der Waals surface area contributed by atoms with Crippen LogP contribution in [0.5, 0.6) is 0 Å². The normalized spacial score (nSPS) is 12.8. The highest BCUT2D eigenvalue weighted by Crippen LogP contribution is 2.17. The largest absolute Gasteiger partial charge is 0.339 e. The lowest BCUT2D eigenvalue weighted by Crippen LogP contribution is -2.11. The molecular formula is C16H23N3OS. The number of benzene rings is 1. The van der Waals surface area contributed by atoms with Crippen molar-refractivity contribution in [1.82, 2.24) is 10.1 Å². The molecule has 1 aromatic carbocycles. The van der Waals surface area contributed by atoms with Crippen LogP contribution < -0.4 is 5.73 Å². The molecule has 4 nitrogen and oxygen atoms in total. The maximum atomic E-state index is 6.17. The van der Waals surface area contributed by atoms with Crippen LogP contribution in [-0.4, -0.2) is 15.9 Å². The Morgan fingerprint density at radius 2 is 2.00 bits per heavy atom. The Morgan fingerprint density at radius 3 is 2.71 bits per heavy atom. The van der Waals surface area contributed by atoms with Crippen LogP contribution in [0, 0.1) is 5.92 Å². The molecule has 21 heavy (non-hydrogen) atoms. The first-order valence-electron chi connectivity index (χ1n) is 7.35. The Bertz CT molecular complexity index is 527. The Morgan fingerprint density at radius 1 is 1.24 bits per heavy atom. The minimum absolute atomic E-state index is 0.0110. The van der Waals surface area contributed by atoms with Gasteiger partial charge in [0.05, 0.1) is 5.75 Å². The van der Waals surface area contributed by atoms with Crippen molar-refractivity contribution in [2.24, 2.45) is 11.7 Å². The first kappa shape index (κ1) is 16.0. The smallest absolute Gasteiger partial charge is 0.226 e. The monoisotopic (exact) mass is 305 g/mol. The van der Waals surface area contributed by atoms with Gasteiger partial charge < -0.3 is 10.3 Å². The average Bonchev–Trinajstić information content (AvgIpc) is 2.93. The van der Waals surface area contributed by atoms with Crippen molar-refractivity contribution in [3.8, 4) is 0 Å². The highest BCUT2D eigenvalue weighted by atomic mass is 32.2. The third-order valence-electron chi connectivity index (χ3n) is 3.09. The highest BCUT2D eigenvalue weighted by Gasteiger charge is 2.10. The average molecular weight is 305 g/mol. The third kappa shape index (κ3) is 5.52. The van der Waals surface area contributed by atoms with Gasteiger partial charge in [-0.2, -0.15) is 16.7 Å². The van der Waals surface area contributed by atoms with E-state index >= 15 is 0 Å². The lowest BCUT2D eigenvalue weighted by atomic mass is 10.0. The van der Waals surface area contributed by atoms with E-state index in [0.717, 1.165) is 35.7 Å². The summed E-state index contributed by atoms with van der Waals surface area (Å²) in [5.74, 6) is 4.07. The summed E-state index contributed by atoms with van der Waals surface area (Å²) in [4.78, 5) is 4.42. The molecule has 0 spiro atoms. The Balaban J connectivity index is 1.77. The highest BCUT2D eigenvalue weighted by molar-refractivity contribution is 7.98. The lowest BCUT2D eigenvalue weighted by Gasteiger charge is -2.09. The van der Waals surface area contributed by atoms with E-state index in [1.54, 1.807) is 0 Å². The first-order chi connectivity index (χ1) is 10.1. The summed E-state index contributed by atoms with van der Waals surface area (Å²) in [6.07, 6.45) is 1.53. The second kappa shape index (κ2) is 8.20. The molecule has 0 bridgehead atoms. The standard InChI is InChI=1S/C16H23N3OS/c1-12(2)10-21-11-15-18-16(20-19-15)9-8-14(17)13-6-4-3-5-7-13/h3-7,12,14H,8-11,17H2,1-2H3. The van der Waals surface area contributed by atoms with Gasteiger partial charge in [-0.15, -0.1) is 0 Å². The predicted molar refractivity (Wildman–Crippen MR) is 87.0 cm³/mol. The number of aromatic nitrogens is 2. The molecule has 2 aromatic rings. The fourth-order valence-electron chi connectivity index (χ4n) is 1.98. The summed E-state index contributed by atoms with van der Waals surface area (Å²) in [5.41, 5.74) is 7.31. The van der Waals surface area contributed by atoms with Gasteiger partial charge in [0.25, 0.3) is 0 Å². The van der Waals surface area contributed by atoms with Gasteiger partial charge in [0.1, 0.15) is 0 Å². The summed E-state index contributed by atoms with van der Waals surface area (Å²) in [6, 6.07) is 10.1. The van der Waals surface area contributed by atoms with Gasteiger partial charge in [0, 0.05) is 12.5 Å². The van der Waals surface area contributed by atoms with E-state index in [2.05, 4.69) is 24.0 Å². The predicted octanol–water partition coefficient (Wildman–Crippen LogP) is 3.59. The van der Waals surface area contributed by atoms with Crippen LogP contribution in [0.3, 0.4) is 0 Å². The Hall–Kier alpha value is -1.33. The molecule has 0 aliphatic rings. The number of nitrogens with two attached hydrogens (primary N) is 1. The molecule has 0 fully saturated rings. The van der Waals surface area contributed by atoms with Gasteiger partial charge >= 0.3 is 0 Å². The zero-order valence-corrected chi connectivity index (χ0v) is 13.5. The summed E-state index contributed by atoms with van der Waals surface area (Å²) < 4.78 is 5.28. The van der Waals surface area contributed by atoms with Crippen molar-refractivity contribution < 1.29 is 4.52 Å². The molecular weight excluding hydrogens is 282 g/mol. The number of nitrogens with zero attached hydrogens (tertiary/aromatic N) is 2. The molecule has 2 N–H and O–H groups in total. The van der Waals surface area contributed by atoms with E-state index in [1.165, 1.54) is 0 Å². The lowest BCUT2D eigenvalue weighted by molar-refractivity contribution is 0.368. The molecule has 1 unspecified atom stereocenters. The molecule has 0 saturated carbocycles. The molecule has 0 aliphatic carbocycles. The van der Waals surface area contributed by atoms with Crippen LogP contribution in [0.25, 0.3) is 0 Å². The maximum absolute atomic E-state index is 6.17. The van der Waals surface area contributed by atoms with Gasteiger partial charge in [-0.1, -0.05) is 49.3 Å². The zero-order valence-electron chi connectivity index (χ0n) is 12.7. The van der Waals surface area contributed by atoms with Crippen LogP contribution >= 0.6 is 11.8 Å². The first-order valence-corrected chi connectivity index (χ1v) is 8.50. The zero-order chi connectivity index (χ0) is 15.1. The van der Waals surface area contributed by atoms with Crippen molar-refractivity contribution in [1.29, 1.82) is 0 Å². The number of rotatable bonds is 8. The minimum Gasteiger partial charge on any atom is -0.339 e. The molecule has 0 radical (unpaired) electrons. The van der Waals surface area contributed by atoms with E-state index in [0.29, 0.717) is 11.8 Å². The fraction of sp³-hybridized carbons (Fsp3) is 0.500. The summed E-state index contributed by atoms with van der Waals surface area (Å²) in [5, 5.41) is 4.02. The molecule has 0 saturated heterocycles. The van der Waals surface area contributed by atoms with Crippen LogP contribution in [0.1, 0.15) is 43.6 Å². The molecule has 2 rings (SSSR count). The van der Waals surface area contributed by atoms with E-state index < -0.39 is 0 Å². The second-order valence-corrected chi connectivity index (χ2v) is 6.60. The van der Waals surface area contributed by atoms with Crippen LogP contribution in [0.15, 0.2) is 34.9 Å².